The van der Waals surface area contributed by atoms with Crippen molar-refractivity contribution in [1.82, 2.24) is 4.90 Å². The topological polar surface area (TPSA) is 32.7 Å². The zero-order valence-electron chi connectivity index (χ0n) is 11.9. The Labute approximate surface area is 119 Å². The van der Waals surface area contributed by atoms with Crippen LogP contribution in [-0.2, 0) is 4.74 Å². The molecule has 3 unspecified atom stereocenters. The van der Waals surface area contributed by atoms with Gasteiger partial charge in [0.1, 0.15) is 11.6 Å². The molecule has 3 rings (SSSR count). The molecule has 1 heterocycles. The van der Waals surface area contributed by atoms with E-state index in [0.29, 0.717) is 12.1 Å². The van der Waals surface area contributed by atoms with E-state index in [1.807, 2.05) is 0 Å². The Hall–Kier alpha value is -1.13. The van der Waals surface area contributed by atoms with Crippen LogP contribution in [0.1, 0.15) is 44.2 Å². The van der Waals surface area contributed by atoms with Gasteiger partial charge in [-0.3, -0.25) is 4.90 Å². The number of rotatable bonds is 2. The highest BCUT2D eigenvalue weighted by atomic mass is 19.1. The number of ether oxygens (including phenoxy) is 1. The van der Waals surface area contributed by atoms with Gasteiger partial charge < -0.3 is 9.84 Å². The lowest BCUT2D eigenvalue weighted by molar-refractivity contribution is -0.101. The molecule has 0 aromatic heterocycles. The first-order valence-corrected chi connectivity index (χ1v) is 7.52. The Kier molecular flexibility index (Phi) is 3.94. The minimum Gasteiger partial charge on any atom is -0.508 e. The predicted octanol–water partition coefficient (Wildman–Crippen LogP) is 3.24. The Morgan fingerprint density at radius 3 is 2.95 bits per heavy atom. The lowest BCUT2D eigenvalue weighted by atomic mass is 9.88. The molecule has 0 radical (unpaired) electrons. The molecule has 1 saturated carbocycles. The van der Waals surface area contributed by atoms with Crippen molar-refractivity contribution in [1.29, 1.82) is 0 Å². The second kappa shape index (κ2) is 5.70. The van der Waals surface area contributed by atoms with Crippen LogP contribution in [0.2, 0.25) is 0 Å². The van der Waals surface area contributed by atoms with Gasteiger partial charge in [0.15, 0.2) is 0 Å². The molecule has 0 amide bonds. The van der Waals surface area contributed by atoms with Gasteiger partial charge in [0.05, 0.1) is 12.7 Å². The van der Waals surface area contributed by atoms with Crippen molar-refractivity contribution in [2.45, 2.75) is 50.8 Å². The molecule has 20 heavy (non-hydrogen) atoms. The summed E-state index contributed by atoms with van der Waals surface area (Å²) in [6.07, 6.45) is 5.08. The largest absolute Gasteiger partial charge is 0.508 e. The number of phenolic OH excluding ortho intramolecular Hbond substituents is 1. The fourth-order valence-corrected chi connectivity index (χ4v) is 3.66. The molecule has 1 aromatic carbocycles. The third-order valence-electron chi connectivity index (χ3n) is 4.72. The van der Waals surface area contributed by atoms with Crippen LogP contribution < -0.4 is 0 Å². The average molecular weight is 279 g/mol. The molecular formula is C16H22FNO2. The van der Waals surface area contributed by atoms with Gasteiger partial charge >= 0.3 is 0 Å². The quantitative estimate of drug-likeness (QED) is 0.902. The fourth-order valence-electron chi connectivity index (χ4n) is 3.66. The van der Waals surface area contributed by atoms with Gasteiger partial charge in [0.2, 0.25) is 0 Å². The van der Waals surface area contributed by atoms with E-state index < -0.39 is 5.82 Å². The van der Waals surface area contributed by atoms with E-state index in [-0.39, 0.29) is 11.8 Å². The molecule has 3 nitrogen and oxygen atoms in total. The molecule has 1 aliphatic heterocycles. The maximum atomic E-state index is 13.1. The summed E-state index contributed by atoms with van der Waals surface area (Å²) in [4.78, 5) is 2.42. The maximum Gasteiger partial charge on any atom is 0.126 e. The second-order valence-electron chi connectivity index (χ2n) is 5.88. The molecule has 1 N–H and O–H groups in total. The fraction of sp³-hybridized carbons (Fsp3) is 0.625. The van der Waals surface area contributed by atoms with Crippen LogP contribution in [0.4, 0.5) is 4.39 Å². The summed E-state index contributed by atoms with van der Waals surface area (Å²) in [6.45, 7) is 3.70. The van der Waals surface area contributed by atoms with Crippen LogP contribution in [0, 0.1) is 5.82 Å². The third kappa shape index (κ3) is 2.54. The molecule has 110 valence electrons. The minimum absolute atomic E-state index is 0.0522. The third-order valence-corrected chi connectivity index (χ3v) is 4.72. The van der Waals surface area contributed by atoms with Crippen LogP contribution in [0.5, 0.6) is 5.75 Å². The number of aromatic hydroxyl groups is 1. The molecule has 0 bridgehead atoms. The zero-order chi connectivity index (χ0) is 14.1. The summed E-state index contributed by atoms with van der Waals surface area (Å²) in [5, 5.41) is 9.99. The number of halogens is 1. The molecule has 2 fully saturated rings. The summed E-state index contributed by atoms with van der Waals surface area (Å²) < 4.78 is 19.0. The van der Waals surface area contributed by atoms with Gasteiger partial charge in [-0.1, -0.05) is 18.9 Å². The Balaban J connectivity index is 1.83. The van der Waals surface area contributed by atoms with Crippen molar-refractivity contribution in [3.63, 3.8) is 0 Å². The maximum absolute atomic E-state index is 13.1. The molecule has 0 spiro atoms. The van der Waals surface area contributed by atoms with E-state index in [1.54, 1.807) is 6.07 Å². The first kappa shape index (κ1) is 13.8. The SMILES string of the molecule is CC(c1ccc(F)cc1O)N1CCOC2CCCCC21. The van der Waals surface area contributed by atoms with Crippen molar-refractivity contribution >= 4 is 0 Å². The standard InChI is InChI=1S/C16H22FNO2/c1-11(13-7-6-12(17)10-15(13)19)18-8-9-20-16-5-3-2-4-14(16)18/h6-7,10-11,14,16,19H,2-5,8-9H2,1H3. The van der Waals surface area contributed by atoms with Crippen LogP contribution in [-0.4, -0.2) is 35.3 Å². The molecule has 2 aliphatic rings. The Morgan fingerprint density at radius 1 is 1.35 bits per heavy atom. The number of hydrogen-bond donors (Lipinski definition) is 1. The van der Waals surface area contributed by atoms with E-state index in [4.69, 9.17) is 4.74 Å². The summed E-state index contributed by atoms with van der Waals surface area (Å²) in [5.74, 6) is -0.340. The van der Waals surface area contributed by atoms with E-state index in [9.17, 15) is 9.50 Å². The molecule has 3 atom stereocenters. The van der Waals surface area contributed by atoms with Gasteiger partial charge in [0.25, 0.3) is 0 Å². The molecule has 1 saturated heterocycles. The molecule has 1 aromatic rings. The smallest absolute Gasteiger partial charge is 0.126 e. The zero-order valence-corrected chi connectivity index (χ0v) is 11.9. The Morgan fingerprint density at radius 2 is 2.15 bits per heavy atom. The van der Waals surface area contributed by atoms with Gasteiger partial charge in [-0.2, -0.15) is 0 Å². The van der Waals surface area contributed by atoms with Gasteiger partial charge in [0, 0.05) is 30.3 Å². The highest BCUT2D eigenvalue weighted by molar-refractivity contribution is 5.35. The molecule has 1 aliphatic carbocycles. The van der Waals surface area contributed by atoms with Crippen molar-refractivity contribution in [2.24, 2.45) is 0 Å². The monoisotopic (exact) mass is 279 g/mol. The van der Waals surface area contributed by atoms with Crippen LogP contribution in [0.15, 0.2) is 18.2 Å². The normalized spacial score (nSPS) is 28.9. The number of benzene rings is 1. The minimum atomic E-state index is -0.393. The van der Waals surface area contributed by atoms with Crippen LogP contribution in [0.3, 0.4) is 0 Å². The Bertz CT molecular complexity index is 478. The van der Waals surface area contributed by atoms with Crippen molar-refractivity contribution < 1.29 is 14.2 Å². The van der Waals surface area contributed by atoms with Crippen LogP contribution in [0.25, 0.3) is 0 Å². The van der Waals surface area contributed by atoms with Crippen molar-refractivity contribution in [2.75, 3.05) is 13.2 Å². The van der Waals surface area contributed by atoms with Gasteiger partial charge in [-0.25, -0.2) is 4.39 Å². The molecular weight excluding hydrogens is 257 g/mol. The highest BCUT2D eigenvalue weighted by Crippen LogP contribution is 2.36. The van der Waals surface area contributed by atoms with Crippen LogP contribution >= 0.6 is 0 Å². The highest BCUT2D eigenvalue weighted by Gasteiger charge is 2.37. The number of phenols is 1. The summed E-state index contributed by atoms with van der Waals surface area (Å²) in [6, 6.07) is 4.83. The van der Waals surface area contributed by atoms with Gasteiger partial charge in [-0.15, -0.1) is 0 Å². The number of morpholine rings is 1. The molecule has 4 heteroatoms. The lowest BCUT2D eigenvalue weighted by Crippen LogP contribution is -2.53. The summed E-state index contributed by atoms with van der Waals surface area (Å²) in [7, 11) is 0. The predicted molar refractivity (Wildman–Crippen MR) is 75.2 cm³/mol. The van der Waals surface area contributed by atoms with Crippen molar-refractivity contribution in [3.8, 4) is 5.75 Å². The first-order chi connectivity index (χ1) is 9.66. The van der Waals surface area contributed by atoms with E-state index >= 15 is 0 Å². The number of hydrogen-bond acceptors (Lipinski definition) is 3. The van der Waals surface area contributed by atoms with E-state index in [1.165, 1.54) is 25.0 Å². The van der Waals surface area contributed by atoms with E-state index in [0.717, 1.165) is 31.6 Å². The first-order valence-electron chi connectivity index (χ1n) is 7.52. The summed E-state index contributed by atoms with van der Waals surface area (Å²) >= 11 is 0. The second-order valence-corrected chi connectivity index (χ2v) is 5.88. The number of fused-ring (bicyclic) bond motifs is 1. The average Bonchev–Trinajstić information content (AvgIpc) is 2.46. The van der Waals surface area contributed by atoms with Gasteiger partial charge in [-0.05, 0) is 25.8 Å². The van der Waals surface area contributed by atoms with Crippen molar-refractivity contribution in [3.05, 3.63) is 29.6 Å². The van der Waals surface area contributed by atoms with E-state index in [2.05, 4.69) is 11.8 Å². The summed E-state index contributed by atoms with van der Waals surface area (Å²) in [5.41, 5.74) is 0.803. The number of nitrogens with zero attached hydrogens (tertiary/aromatic N) is 1. The lowest BCUT2D eigenvalue weighted by Gasteiger charge is -2.46.